The summed E-state index contributed by atoms with van der Waals surface area (Å²) in [7, 11) is 4.62. The minimum Gasteiger partial charge on any atom is -0.303 e. The summed E-state index contributed by atoms with van der Waals surface area (Å²) in [6.07, 6.45) is 9.99. The molecule has 0 spiro atoms. The van der Waals surface area contributed by atoms with Gasteiger partial charge in [-0.25, -0.2) is 0 Å². The van der Waals surface area contributed by atoms with E-state index >= 15 is 0 Å². The third-order valence-corrected chi connectivity index (χ3v) is 4.39. The van der Waals surface area contributed by atoms with Crippen molar-refractivity contribution in [1.29, 1.82) is 0 Å². The lowest BCUT2D eigenvalue weighted by atomic mass is 9.91. The second-order valence-corrected chi connectivity index (χ2v) is 5.50. The fourth-order valence-electron chi connectivity index (χ4n) is 3.20. The normalized spacial score (nSPS) is 35.6. The van der Waals surface area contributed by atoms with E-state index in [2.05, 4.69) is 23.9 Å². The Hall–Kier alpha value is -0.0800. The lowest BCUT2D eigenvalue weighted by Gasteiger charge is -2.39. The largest absolute Gasteiger partial charge is 0.303 e. The molecule has 0 saturated carbocycles. The molecule has 0 amide bonds. The van der Waals surface area contributed by atoms with Crippen LogP contribution >= 0.6 is 0 Å². The minimum absolute atomic E-state index is 0.865. The molecule has 2 heteroatoms. The van der Waals surface area contributed by atoms with Crippen molar-refractivity contribution in [2.75, 3.05) is 27.2 Å². The quantitative estimate of drug-likeness (QED) is 0.690. The number of hydrogen-bond acceptors (Lipinski definition) is 2. The van der Waals surface area contributed by atoms with E-state index in [1.807, 2.05) is 0 Å². The van der Waals surface area contributed by atoms with Crippen molar-refractivity contribution in [3.8, 4) is 0 Å². The first kappa shape index (κ1) is 11.4. The van der Waals surface area contributed by atoms with Crippen molar-refractivity contribution in [1.82, 2.24) is 9.80 Å². The van der Waals surface area contributed by atoms with E-state index in [0.717, 1.165) is 12.1 Å². The van der Waals surface area contributed by atoms with E-state index in [0.29, 0.717) is 0 Å². The SMILES string of the molecule is CN1CCCCC1CC1CCCCN1C. The zero-order chi connectivity index (χ0) is 10.7. The third kappa shape index (κ3) is 2.94. The van der Waals surface area contributed by atoms with Gasteiger partial charge >= 0.3 is 0 Å². The van der Waals surface area contributed by atoms with Crippen molar-refractivity contribution in [3.63, 3.8) is 0 Å². The van der Waals surface area contributed by atoms with Crippen LogP contribution in [-0.2, 0) is 0 Å². The Labute approximate surface area is 94.6 Å². The molecular weight excluding hydrogens is 184 g/mol. The monoisotopic (exact) mass is 210 g/mol. The number of hydrogen-bond donors (Lipinski definition) is 0. The van der Waals surface area contributed by atoms with E-state index in [4.69, 9.17) is 0 Å². The van der Waals surface area contributed by atoms with Gasteiger partial charge in [-0.3, -0.25) is 0 Å². The van der Waals surface area contributed by atoms with Crippen LogP contribution < -0.4 is 0 Å². The van der Waals surface area contributed by atoms with Gasteiger partial charge in [0, 0.05) is 12.1 Å². The Morgan fingerprint density at radius 1 is 0.800 bits per heavy atom. The lowest BCUT2D eigenvalue weighted by molar-refractivity contribution is 0.108. The van der Waals surface area contributed by atoms with Crippen molar-refractivity contribution in [3.05, 3.63) is 0 Å². The molecule has 2 unspecified atom stereocenters. The van der Waals surface area contributed by atoms with Crippen LogP contribution in [0.15, 0.2) is 0 Å². The molecule has 88 valence electrons. The van der Waals surface area contributed by atoms with Gasteiger partial charge in [-0.2, -0.15) is 0 Å². The van der Waals surface area contributed by atoms with Crippen LogP contribution in [-0.4, -0.2) is 49.1 Å². The first-order valence-electron chi connectivity index (χ1n) is 6.68. The predicted molar refractivity (Wildman–Crippen MR) is 65.2 cm³/mol. The highest BCUT2D eigenvalue weighted by atomic mass is 15.2. The summed E-state index contributed by atoms with van der Waals surface area (Å²) >= 11 is 0. The fraction of sp³-hybridized carbons (Fsp3) is 1.00. The Morgan fingerprint density at radius 3 is 1.67 bits per heavy atom. The van der Waals surface area contributed by atoms with E-state index in [-0.39, 0.29) is 0 Å². The molecular formula is C13H26N2. The average Bonchev–Trinajstić information content (AvgIpc) is 2.24. The molecule has 15 heavy (non-hydrogen) atoms. The van der Waals surface area contributed by atoms with Crippen molar-refractivity contribution < 1.29 is 0 Å². The molecule has 0 radical (unpaired) electrons. The van der Waals surface area contributed by atoms with Crippen LogP contribution in [0.3, 0.4) is 0 Å². The second-order valence-electron chi connectivity index (χ2n) is 5.50. The summed E-state index contributed by atoms with van der Waals surface area (Å²) in [5.41, 5.74) is 0. The summed E-state index contributed by atoms with van der Waals surface area (Å²) in [4.78, 5) is 5.18. The first-order chi connectivity index (χ1) is 7.27. The molecule has 2 nitrogen and oxygen atoms in total. The fourth-order valence-corrected chi connectivity index (χ4v) is 3.20. The summed E-state index contributed by atoms with van der Waals surface area (Å²) in [5.74, 6) is 0. The molecule has 0 aromatic heterocycles. The zero-order valence-electron chi connectivity index (χ0n) is 10.4. The molecule has 0 bridgehead atoms. The number of nitrogens with zero attached hydrogens (tertiary/aromatic N) is 2. The second kappa shape index (κ2) is 5.31. The van der Waals surface area contributed by atoms with Gasteiger partial charge in [0.2, 0.25) is 0 Å². The standard InChI is InChI=1S/C13H26N2/c1-14-9-5-3-7-12(14)11-13-8-4-6-10-15(13)2/h12-13H,3-11H2,1-2H3. The lowest BCUT2D eigenvalue weighted by Crippen LogP contribution is -2.44. The first-order valence-corrected chi connectivity index (χ1v) is 6.68. The number of rotatable bonds is 2. The van der Waals surface area contributed by atoms with Crippen LogP contribution in [0, 0.1) is 0 Å². The molecule has 2 aliphatic heterocycles. The molecule has 2 saturated heterocycles. The van der Waals surface area contributed by atoms with Crippen LogP contribution in [0.1, 0.15) is 44.9 Å². The van der Waals surface area contributed by atoms with Gasteiger partial charge < -0.3 is 9.80 Å². The maximum absolute atomic E-state index is 2.59. The molecule has 2 rings (SSSR count). The molecule has 2 heterocycles. The van der Waals surface area contributed by atoms with E-state index in [1.54, 1.807) is 0 Å². The minimum atomic E-state index is 0.865. The number of likely N-dealkylation sites (tertiary alicyclic amines) is 2. The maximum Gasteiger partial charge on any atom is 0.0107 e. The summed E-state index contributed by atoms with van der Waals surface area (Å²) in [6.45, 7) is 2.64. The van der Waals surface area contributed by atoms with Crippen LogP contribution in [0.25, 0.3) is 0 Å². The Bertz CT molecular complexity index is 173. The summed E-state index contributed by atoms with van der Waals surface area (Å²) < 4.78 is 0. The molecule has 0 aliphatic carbocycles. The van der Waals surface area contributed by atoms with Gasteiger partial charge in [0.1, 0.15) is 0 Å². The molecule has 0 aromatic rings. The number of piperidine rings is 2. The Kier molecular flexibility index (Phi) is 4.04. The van der Waals surface area contributed by atoms with Crippen LogP contribution in [0.5, 0.6) is 0 Å². The predicted octanol–water partition coefficient (Wildman–Crippen LogP) is 2.35. The van der Waals surface area contributed by atoms with Gasteiger partial charge in [0.25, 0.3) is 0 Å². The molecule has 2 fully saturated rings. The molecule has 2 aliphatic rings. The maximum atomic E-state index is 2.59. The van der Waals surface area contributed by atoms with Gasteiger partial charge in [0.05, 0.1) is 0 Å². The summed E-state index contributed by atoms with van der Waals surface area (Å²) in [6, 6.07) is 1.73. The van der Waals surface area contributed by atoms with Gasteiger partial charge in [0.15, 0.2) is 0 Å². The van der Waals surface area contributed by atoms with E-state index in [1.165, 1.54) is 58.0 Å². The van der Waals surface area contributed by atoms with Gasteiger partial charge in [-0.15, -0.1) is 0 Å². The summed E-state index contributed by atoms with van der Waals surface area (Å²) in [5, 5.41) is 0. The van der Waals surface area contributed by atoms with E-state index < -0.39 is 0 Å². The zero-order valence-corrected chi connectivity index (χ0v) is 10.4. The Balaban J connectivity index is 1.83. The third-order valence-electron chi connectivity index (χ3n) is 4.39. The highest BCUT2D eigenvalue weighted by molar-refractivity contribution is 4.83. The molecule has 2 atom stereocenters. The molecule has 0 N–H and O–H groups in total. The van der Waals surface area contributed by atoms with Crippen LogP contribution in [0.4, 0.5) is 0 Å². The smallest absolute Gasteiger partial charge is 0.0107 e. The topological polar surface area (TPSA) is 6.48 Å². The highest BCUT2D eigenvalue weighted by Gasteiger charge is 2.26. The van der Waals surface area contributed by atoms with Crippen molar-refractivity contribution >= 4 is 0 Å². The Morgan fingerprint density at radius 2 is 1.27 bits per heavy atom. The highest BCUT2D eigenvalue weighted by Crippen LogP contribution is 2.25. The van der Waals surface area contributed by atoms with Crippen molar-refractivity contribution in [2.45, 2.75) is 57.0 Å². The van der Waals surface area contributed by atoms with E-state index in [9.17, 15) is 0 Å². The average molecular weight is 210 g/mol. The molecule has 0 aromatic carbocycles. The van der Waals surface area contributed by atoms with Crippen molar-refractivity contribution in [2.24, 2.45) is 0 Å². The van der Waals surface area contributed by atoms with Gasteiger partial charge in [-0.05, 0) is 59.3 Å². The van der Waals surface area contributed by atoms with Crippen LogP contribution in [0.2, 0.25) is 0 Å². The van der Waals surface area contributed by atoms with Gasteiger partial charge in [-0.1, -0.05) is 12.8 Å².